The molecule has 0 aliphatic rings. The molecule has 0 bridgehead atoms. The maximum Gasteiger partial charge on any atom is 0.227 e. The quantitative estimate of drug-likeness (QED) is 0.634. The third-order valence-corrected chi connectivity index (χ3v) is 3.56. The van der Waals surface area contributed by atoms with Crippen molar-refractivity contribution < 1.29 is 4.74 Å². The van der Waals surface area contributed by atoms with Crippen LogP contribution >= 0.6 is 0 Å². The molecule has 0 amide bonds. The standard InChI is InChI=1S/C19H19NO/c1-13(2)17-11-7-8-15-12-14(3)20-19(18(15)17)21-16-9-5-4-6-10-16/h4-13H,1-3H3. The van der Waals surface area contributed by atoms with Gasteiger partial charge in [0.2, 0.25) is 5.88 Å². The summed E-state index contributed by atoms with van der Waals surface area (Å²) in [6.45, 7) is 6.39. The van der Waals surface area contributed by atoms with E-state index >= 15 is 0 Å². The molecule has 0 N–H and O–H groups in total. The smallest absolute Gasteiger partial charge is 0.227 e. The van der Waals surface area contributed by atoms with Crippen LogP contribution in [0.3, 0.4) is 0 Å². The lowest BCUT2D eigenvalue weighted by molar-refractivity contribution is 0.467. The van der Waals surface area contributed by atoms with Crippen molar-refractivity contribution in [3.63, 3.8) is 0 Å². The Bertz CT molecular complexity index is 763. The van der Waals surface area contributed by atoms with E-state index in [4.69, 9.17) is 4.74 Å². The van der Waals surface area contributed by atoms with E-state index in [1.54, 1.807) is 0 Å². The Balaban J connectivity index is 2.20. The first kappa shape index (κ1) is 13.6. The van der Waals surface area contributed by atoms with Crippen LogP contribution in [-0.4, -0.2) is 4.98 Å². The van der Waals surface area contributed by atoms with Crippen LogP contribution in [0.1, 0.15) is 31.0 Å². The molecule has 0 radical (unpaired) electrons. The molecule has 0 atom stereocenters. The number of fused-ring (bicyclic) bond motifs is 1. The number of benzene rings is 2. The van der Waals surface area contributed by atoms with Gasteiger partial charge >= 0.3 is 0 Å². The monoisotopic (exact) mass is 277 g/mol. The van der Waals surface area contributed by atoms with Gasteiger partial charge in [0.05, 0.1) is 0 Å². The molecular formula is C19H19NO. The van der Waals surface area contributed by atoms with E-state index in [0.29, 0.717) is 11.8 Å². The number of rotatable bonds is 3. The van der Waals surface area contributed by atoms with Crippen molar-refractivity contribution in [1.29, 1.82) is 0 Å². The molecular weight excluding hydrogens is 258 g/mol. The minimum Gasteiger partial charge on any atom is -0.438 e. The Morgan fingerprint density at radius 3 is 2.43 bits per heavy atom. The van der Waals surface area contributed by atoms with Crippen LogP contribution < -0.4 is 4.74 Å². The largest absolute Gasteiger partial charge is 0.438 e. The highest BCUT2D eigenvalue weighted by molar-refractivity contribution is 5.91. The Morgan fingerprint density at radius 2 is 1.71 bits per heavy atom. The zero-order valence-electron chi connectivity index (χ0n) is 12.6. The fraction of sp³-hybridized carbons (Fsp3) is 0.211. The summed E-state index contributed by atoms with van der Waals surface area (Å²) < 4.78 is 6.05. The maximum atomic E-state index is 6.05. The van der Waals surface area contributed by atoms with Crippen LogP contribution in [0.2, 0.25) is 0 Å². The summed E-state index contributed by atoms with van der Waals surface area (Å²) in [5, 5.41) is 2.29. The highest BCUT2D eigenvalue weighted by Gasteiger charge is 2.13. The van der Waals surface area contributed by atoms with E-state index in [2.05, 4.69) is 43.1 Å². The number of aryl methyl sites for hydroxylation is 1. The molecule has 1 heterocycles. The first-order chi connectivity index (χ1) is 10.1. The Hall–Kier alpha value is -2.35. The van der Waals surface area contributed by atoms with Gasteiger partial charge in [-0.05, 0) is 42.0 Å². The summed E-state index contributed by atoms with van der Waals surface area (Å²) in [6.07, 6.45) is 0. The average Bonchev–Trinajstić information content (AvgIpc) is 2.47. The van der Waals surface area contributed by atoms with Crippen molar-refractivity contribution in [2.45, 2.75) is 26.7 Å². The third-order valence-electron chi connectivity index (χ3n) is 3.56. The van der Waals surface area contributed by atoms with Crippen molar-refractivity contribution in [2.24, 2.45) is 0 Å². The van der Waals surface area contributed by atoms with Gasteiger partial charge in [-0.15, -0.1) is 0 Å². The molecule has 0 aliphatic carbocycles. The van der Waals surface area contributed by atoms with E-state index in [1.807, 2.05) is 37.3 Å². The fourth-order valence-corrected chi connectivity index (χ4v) is 2.58. The molecule has 2 heteroatoms. The Kier molecular flexibility index (Phi) is 3.61. The topological polar surface area (TPSA) is 22.1 Å². The van der Waals surface area contributed by atoms with Gasteiger partial charge in [0.15, 0.2) is 0 Å². The predicted molar refractivity (Wildman–Crippen MR) is 87.1 cm³/mol. The second-order valence-electron chi connectivity index (χ2n) is 5.58. The highest BCUT2D eigenvalue weighted by atomic mass is 16.5. The Morgan fingerprint density at radius 1 is 0.952 bits per heavy atom. The molecule has 21 heavy (non-hydrogen) atoms. The first-order valence-corrected chi connectivity index (χ1v) is 7.28. The van der Waals surface area contributed by atoms with Gasteiger partial charge in [-0.3, -0.25) is 0 Å². The van der Waals surface area contributed by atoms with Gasteiger partial charge in [0.1, 0.15) is 5.75 Å². The number of ether oxygens (including phenoxy) is 1. The molecule has 106 valence electrons. The normalized spacial score (nSPS) is 11.0. The average molecular weight is 277 g/mol. The summed E-state index contributed by atoms with van der Waals surface area (Å²) in [7, 11) is 0. The molecule has 0 unspecified atom stereocenters. The van der Waals surface area contributed by atoms with Crippen LogP contribution in [0, 0.1) is 6.92 Å². The van der Waals surface area contributed by atoms with Gasteiger partial charge in [-0.25, -0.2) is 4.98 Å². The number of pyridine rings is 1. The second-order valence-corrected chi connectivity index (χ2v) is 5.58. The van der Waals surface area contributed by atoms with E-state index in [-0.39, 0.29) is 0 Å². The number of nitrogens with zero attached hydrogens (tertiary/aromatic N) is 1. The van der Waals surface area contributed by atoms with Crippen LogP contribution in [-0.2, 0) is 0 Å². The summed E-state index contributed by atoms with van der Waals surface area (Å²) in [6, 6.07) is 18.3. The van der Waals surface area contributed by atoms with Crippen molar-refractivity contribution >= 4 is 10.8 Å². The zero-order valence-corrected chi connectivity index (χ0v) is 12.6. The first-order valence-electron chi connectivity index (χ1n) is 7.28. The summed E-state index contributed by atoms with van der Waals surface area (Å²) >= 11 is 0. The van der Waals surface area contributed by atoms with Crippen LogP contribution in [0.4, 0.5) is 0 Å². The number of hydrogen-bond donors (Lipinski definition) is 0. The van der Waals surface area contributed by atoms with Gasteiger partial charge in [0.25, 0.3) is 0 Å². The fourth-order valence-electron chi connectivity index (χ4n) is 2.58. The number of para-hydroxylation sites is 1. The van der Waals surface area contributed by atoms with E-state index in [9.17, 15) is 0 Å². The lowest BCUT2D eigenvalue weighted by Crippen LogP contribution is -1.96. The Labute approximate surface area is 125 Å². The SMILES string of the molecule is Cc1cc2cccc(C(C)C)c2c(Oc2ccccc2)n1. The van der Waals surface area contributed by atoms with E-state index in [0.717, 1.165) is 16.8 Å². The van der Waals surface area contributed by atoms with Crippen molar-refractivity contribution in [3.8, 4) is 11.6 Å². The van der Waals surface area contributed by atoms with Gasteiger partial charge in [0, 0.05) is 11.1 Å². The van der Waals surface area contributed by atoms with Crippen molar-refractivity contribution in [3.05, 3.63) is 65.9 Å². The van der Waals surface area contributed by atoms with Gasteiger partial charge in [-0.2, -0.15) is 0 Å². The van der Waals surface area contributed by atoms with E-state index in [1.165, 1.54) is 10.9 Å². The molecule has 3 aromatic rings. The number of hydrogen-bond acceptors (Lipinski definition) is 2. The second kappa shape index (κ2) is 5.57. The third kappa shape index (κ3) is 2.75. The molecule has 2 nitrogen and oxygen atoms in total. The zero-order chi connectivity index (χ0) is 14.8. The van der Waals surface area contributed by atoms with Gasteiger partial charge in [-0.1, -0.05) is 50.2 Å². The molecule has 0 saturated carbocycles. The highest BCUT2D eigenvalue weighted by Crippen LogP contribution is 2.34. The van der Waals surface area contributed by atoms with Crippen molar-refractivity contribution in [1.82, 2.24) is 4.98 Å². The van der Waals surface area contributed by atoms with E-state index < -0.39 is 0 Å². The van der Waals surface area contributed by atoms with Crippen LogP contribution in [0.25, 0.3) is 10.8 Å². The molecule has 2 aromatic carbocycles. The maximum absolute atomic E-state index is 6.05. The van der Waals surface area contributed by atoms with Gasteiger partial charge < -0.3 is 4.74 Å². The summed E-state index contributed by atoms with van der Waals surface area (Å²) in [5.41, 5.74) is 2.24. The minimum atomic E-state index is 0.427. The molecule has 0 fully saturated rings. The molecule has 1 aromatic heterocycles. The molecule has 3 rings (SSSR count). The van der Waals surface area contributed by atoms with Crippen LogP contribution in [0.5, 0.6) is 11.6 Å². The molecule has 0 saturated heterocycles. The minimum absolute atomic E-state index is 0.427. The lowest BCUT2D eigenvalue weighted by atomic mass is 9.96. The summed E-state index contributed by atoms with van der Waals surface area (Å²) in [5.74, 6) is 1.94. The molecule has 0 spiro atoms. The predicted octanol–water partition coefficient (Wildman–Crippen LogP) is 5.46. The van der Waals surface area contributed by atoms with Crippen molar-refractivity contribution in [2.75, 3.05) is 0 Å². The van der Waals surface area contributed by atoms with Crippen LogP contribution in [0.15, 0.2) is 54.6 Å². The summed E-state index contributed by atoms with van der Waals surface area (Å²) in [4.78, 5) is 4.62. The molecule has 0 aliphatic heterocycles. The lowest BCUT2D eigenvalue weighted by Gasteiger charge is -2.14. The number of aromatic nitrogens is 1.